The first kappa shape index (κ1) is 14.0. The molecule has 2 rings (SSSR count). The smallest absolute Gasteiger partial charge is 0.245 e. The van der Waals surface area contributed by atoms with Crippen LogP contribution in [0.3, 0.4) is 0 Å². The van der Waals surface area contributed by atoms with Crippen LogP contribution in [0, 0.1) is 0 Å². The second-order valence-electron chi connectivity index (χ2n) is 4.85. The lowest BCUT2D eigenvalue weighted by Gasteiger charge is -2.19. The van der Waals surface area contributed by atoms with E-state index in [1.54, 1.807) is 4.90 Å². The van der Waals surface area contributed by atoms with Crippen molar-refractivity contribution in [2.75, 3.05) is 18.6 Å². The van der Waals surface area contributed by atoms with E-state index in [1.165, 1.54) is 6.26 Å². The summed E-state index contributed by atoms with van der Waals surface area (Å²) in [6, 6.07) is 9.07. The van der Waals surface area contributed by atoms with Gasteiger partial charge in [0.1, 0.15) is 15.9 Å². The highest BCUT2D eigenvalue weighted by molar-refractivity contribution is 7.90. The van der Waals surface area contributed by atoms with Gasteiger partial charge in [-0.05, 0) is 12.5 Å². The number of carbonyl (C=O) groups excluding carboxylic acids is 1. The van der Waals surface area contributed by atoms with E-state index < -0.39 is 9.84 Å². The number of sulfone groups is 1. The highest BCUT2D eigenvalue weighted by Crippen LogP contribution is 2.23. The molecule has 2 atom stereocenters. The maximum absolute atomic E-state index is 12.3. The van der Waals surface area contributed by atoms with E-state index in [-0.39, 0.29) is 30.4 Å². The average Bonchev–Trinajstić information content (AvgIpc) is 2.63. The summed E-state index contributed by atoms with van der Waals surface area (Å²) < 4.78 is 22.4. The van der Waals surface area contributed by atoms with Crippen LogP contribution in [0.4, 0.5) is 0 Å². The molecule has 0 radical (unpaired) electrons. The number of carbonyl (C=O) groups is 1. The Bertz CT molecular complexity index is 557. The molecule has 19 heavy (non-hydrogen) atoms. The molecule has 0 saturated carbocycles. The number of rotatable bonds is 4. The van der Waals surface area contributed by atoms with Crippen LogP contribution in [0.5, 0.6) is 0 Å². The number of benzene rings is 1. The molecule has 1 heterocycles. The first-order valence-electron chi connectivity index (χ1n) is 6.18. The molecule has 0 aliphatic carbocycles. The Morgan fingerprint density at radius 3 is 2.47 bits per heavy atom. The Hall–Kier alpha value is -1.40. The third-order valence-electron chi connectivity index (χ3n) is 3.24. The van der Waals surface area contributed by atoms with E-state index in [0.717, 1.165) is 5.56 Å². The van der Waals surface area contributed by atoms with Crippen molar-refractivity contribution in [1.29, 1.82) is 0 Å². The lowest BCUT2D eigenvalue weighted by molar-refractivity contribution is -0.129. The van der Waals surface area contributed by atoms with Crippen molar-refractivity contribution in [3.05, 3.63) is 35.9 Å². The zero-order valence-corrected chi connectivity index (χ0v) is 11.9. The van der Waals surface area contributed by atoms with Crippen molar-refractivity contribution < 1.29 is 13.2 Å². The van der Waals surface area contributed by atoms with Gasteiger partial charge in [0.15, 0.2) is 0 Å². The fourth-order valence-electron chi connectivity index (χ4n) is 2.21. The van der Waals surface area contributed by atoms with Gasteiger partial charge in [0, 0.05) is 12.8 Å². The van der Waals surface area contributed by atoms with Crippen molar-refractivity contribution in [3.63, 3.8) is 0 Å². The summed E-state index contributed by atoms with van der Waals surface area (Å²) in [4.78, 5) is 13.9. The molecule has 1 aliphatic rings. The van der Waals surface area contributed by atoms with Gasteiger partial charge in [0.25, 0.3) is 0 Å². The van der Waals surface area contributed by atoms with Gasteiger partial charge in [-0.1, -0.05) is 30.3 Å². The summed E-state index contributed by atoms with van der Waals surface area (Å²) in [6.45, 7) is 2.10. The Balaban J connectivity index is 2.11. The van der Waals surface area contributed by atoms with Crippen LogP contribution in [0.2, 0.25) is 0 Å². The molecule has 1 saturated heterocycles. The molecule has 2 unspecified atom stereocenters. The van der Waals surface area contributed by atoms with Crippen molar-refractivity contribution in [2.45, 2.75) is 19.1 Å². The van der Waals surface area contributed by atoms with Crippen LogP contribution in [-0.4, -0.2) is 43.9 Å². The highest BCUT2D eigenvalue weighted by atomic mass is 32.2. The third-order valence-corrected chi connectivity index (χ3v) is 4.17. The summed E-state index contributed by atoms with van der Waals surface area (Å²) in [5, 5.41) is 3.19. The molecule has 1 fully saturated rings. The topological polar surface area (TPSA) is 66.5 Å². The van der Waals surface area contributed by atoms with Crippen molar-refractivity contribution >= 4 is 15.7 Å². The van der Waals surface area contributed by atoms with Crippen molar-refractivity contribution in [1.82, 2.24) is 10.2 Å². The minimum Gasteiger partial charge on any atom is -0.325 e. The summed E-state index contributed by atoms with van der Waals surface area (Å²) in [7, 11) is -3.06. The molecule has 1 amide bonds. The van der Waals surface area contributed by atoms with Gasteiger partial charge in [-0.3, -0.25) is 10.1 Å². The Labute approximate surface area is 113 Å². The zero-order valence-electron chi connectivity index (χ0n) is 11.0. The minimum absolute atomic E-state index is 0.00767. The maximum Gasteiger partial charge on any atom is 0.245 e. The van der Waals surface area contributed by atoms with Crippen LogP contribution < -0.4 is 5.32 Å². The molecule has 1 aromatic rings. The molecule has 6 heteroatoms. The molecule has 104 valence electrons. The largest absolute Gasteiger partial charge is 0.325 e. The summed E-state index contributed by atoms with van der Waals surface area (Å²) in [6.07, 6.45) is 1.03. The molecular weight excluding hydrogens is 264 g/mol. The zero-order chi connectivity index (χ0) is 14.0. The van der Waals surface area contributed by atoms with Gasteiger partial charge >= 0.3 is 0 Å². The quantitative estimate of drug-likeness (QED) is 0.876. The lowest BCUT2D eigenvalue weighted by atomic mass is 10.1. The predicted octanol–water partition coefficient (Wildman–Crippen LogP) is 0.550. The fourth-order valence-corrected chi connectivity index (χ4v) is 2.74. The highest BCUT2D eigenvalue weighted by Gasteiger charge is 2.37. The van der Waals surface area contributed by atoms with Crippen LogP contribution in [0.1, 0.15) is 18.5 Å². The standard InChI is InChI=1S/C13H18N2O3S/c1-10-14-12(11-6-4-3-5-7-11)13(16)15(10)8-9-19(2,17)18/h3-7,10,12,14H,8-9H2,1-2H3. The molecule has 1 aromatic carbocycles. The minimum atomic E-state index is -3.06. The average molecular weight is 282 g/mol. The van der Waals surface area contributed by atoms with E-state index >= 15 is 0 Å². The van der Waals surface area contributed by atoms with Crippen LogP contribution >= 0.6 is 0 Å². The summed E-state index contributed by atoms with van der Waals surface area (Å²) >= 11 is 0. The summed E-state index contributed by atoms with van der Waals surface area (Å²) in [5.41, 5.74) is 0.904. The van der Waals surface area contributed by atoms with Crippen LogP contribution in [0.15, 0.2) is 30.3 Å². The van der Waals surface area contributed by atoms with Gasteiger partial charge in [0.05, 0.1) is 11.9 Å². The maximum atomic E-state index is 12.3. The van der Waals surface area contributed by atoms with E-state index in [2.05, 4.69) is 5.32 Å². The lowest BCUT2D eigenvalue weighted by Crippen LogP contribution is -2.37. The number of hydrogen-bond donors (Lipinski definition) is 1. The van der Waals surface area contributed by atoms with Gasteiger partial charge < -0.3 is 4.90 Å². The van der Waals surface area contributed by atoms with Gasteiger partial charge in [-0.2, -0.15) is 0 Å². The molecular formula is C13H18N2O3S. The number of nitrogens with zero attached hydrogens (tertiary/aromatic N) is 1. The second-order valence-corrected chi connectivity index (χ2v) is 7.11. The first-order valence-corrected chi connectivity index (χ1v) is 8.24. The van der Waals surface area contributed by atoms with Crippen LogP contribution in [-0.2, 0) is 14.6 Å². The van der Waals surface area contributed by atoms with E-state index in [1.807, 2.05) is 37.3 Å². The SMILES string of the molecule is CC1NC(c2ccccc2)C(=O)N1CCS(C)(=O)=O. The van der Waals surface area contributed by atoms with E-state index in [4.69, 9.17) is 0 Å². The second kappa shape index (κ2) is 5.30. The Morgan fingerprint density at radius 2 is 1.89 bits per heavy atom. The van der Waals surface area contributed by atoms with Crippen molar-refractivity contribution in [2.24, 2.45) is 0 Å². The molecule has 0 bridgehead atoms. The molecule has 1 aliphatic heterocycles. The molecule has 0 spiro atoms. The molecule has 1 N–H and O–H groups in total. The Morgan fingerprint density at radius 1 is 1.26 bits per heavy atom. The summed E-state index contributed by atoms with van der Waals surface area (Å²) in [5.74, 6) is -0.0749. The van der Waals surface area contributed by atoms with Gasteiger partial charge in [-0.25, -0.2) is 8.42 Å². The first-order chi connectivity index (χ1) is 8.88. The molecule has 0 aromatic heterocycles. The number of hydrogen-bond acceptors (Lipinski definition) is 4. The van der Waals surface area contributed by atoms with Crippen molar-refractivity contribution in [3.8, 4) is 0 Å². The third kappa shape index (κ3) is 3.33. The van der Waals surface area contributed by atoms with E-state index in [0.29, 0.717) is 0 Å². The van der Waals surface area contributed by atoms with Gasteiger partial charge in [0.2, 0.25) is 5.91 Å². The number of amides is 1. The van der Waals surface area contributed by atoms with Gasteiger partial charge in [-0.15, -0.1) is 0 Å². The monoisotopic (exact) mass is 282 g/mol. The fraction of sp³-hybridized carbons (Fsp3) is 0.462. The number of nitrogens with one attached hydrogen (secondary N) is 1. The van der Waals surface area contributed by atoms with Crippen LogP contribution in [0.25, 0.3) is 0 Å². The molecule has 5 nitrogen and oxygen atoms in total. The predicted molar refractivity (Wildman–Crippen MR) is 73.2 cm³/mol. The normalized spacial score (nSPS) is 23.9. The van der Waals surface area contributed by atoms with E-state index in [9.17, 15) is 13.2 Å². The Kier molecular flexibility index (Phi) is 3.91.